The first kappa shape index (κ1) is 24.5. The Labute approximate surface area is 218 Å². The van der Waals surface area contributed by atoms with Gasteiger partial charge in [-0.25, -0.2) is 9.37 Å². The van der Waals surface area contributed by atoms with E-state index in [4.69, 9.17) is 17.2 Å². The van der Waals surface area contributed by atoms with E-state index in [2.05, 4.69) is 9.80 Å². The highest BCUT2D eigenvalue weighted by atomic mass is 32.2. The molecule has 10 heteroatoms. The lowest BCUT2D eigenvalue weighted by atomic mass is 10.2. The highest BCUT2D eigenvalue weighted by Gasteiger charge is 2.35. The standard InChI is InChI=1S/C26H26FN5O2S2/c1-3-17(2)32-25(34)21(36-26(32)35)16-20-23(28-22-6-4-5-11-31(22)24(20)33)30-14-12-29(13-15-30)19-9-7-18(27)8-10-19/h4-11,16-17H,3,12-15H2,1-2H3/b21-16+/t17-/m0/s1. The minimum absolute atomic E-state index is 0.0155. The lowest BCUT2D eigenvalue weighted by Crippen LogP contribution is -2.47. The van der Waals surface area contributed by atoms with E-state index in [9.17, 15) is 14.0 Å². The van der Waals surface area contributed by atoms with Crippen molar-refractivity contribution in [3.8, 4) is 0 Å². The predicted octanol–water partition coefficient (Wildman–Crippen LogP) is 4.16. The Balaban J connectivity index is 1.51. The average Bonchev–Trinajstić information content (AvgIpc) is 3.18. The van der Waals surface area contributed by atoms with Crippen LogP contribution in [0.2, 0.25) is 0 Å². The lowest BCUT2D eigenvalue weighted by molar-refractivity contribution is -0.123. The molecule has 7 nitrogen and oxygen atoms in total. The van der Waals surface area contributed by atoms with E-state index >= 15 is 0 Å². The van der Waals surface area contributed by atoms with Crippen LogP contribution in [0, 0.1) is 5.82 Å². The summed E-state index contributed by atoms with van der Waals surface area (Å²) in [5.41, 5.74) is 1.64. The molecule has 4 heterocycles. The van der Waals surface area contributed by atoms with E-state index in [1.807, 2.05) is 19.9 Å². The van der Waals surface area contributed by atoms with Gasteiger partial charge in [0.2, 0.25) is 0 Å². The molecule has 0 bridgehead atoms. The molecule has 0 radical (unpaired) electrons. The van der Waals surface area contributed by atoms with Gasteiger partial charge >= 0.3 is 0 Å². The Kier molecular flexibility index (Phi) is 6.81. The summed E-state index contributed by atoms with van der Waals surface area (Å²) in [5.74, 6) is 0.115. The van der Waals surface area contributed by atoms with Crippen molar-refractivity contribution in [2.45, 2.75) is 26.3 Å². The maximum atomic E-state index is 13.6. The van der Waals surface area contributed by atoms with Crippen LogP contribution in [0.25, 0.3) is 11.7 Å². The van der Waals surface area contributed by atoms with Gasteiger partial charge in [-0.2, -0.15) is 0 Å². The van der Waals surface area contributed by atoms with Crippen LogP contribution in [0.15, 0.2) is 58.4 Å². The number of aromatic nitrogens is 2. The topological polar surface area (TPSA) is 61.2 Å². The van der Waals surface area contributed by atoms with E-state index in [1.165, 1.54) is 28.3 Å². The van der Waals surface area contributed by atoms with Crippen molar-refractivity contribution in [1.29, 1.82) is 0 Å². The van der Waals surface area contributed by atoms with Crippen LogP contribution in [0.3, 0.4) is 0 Å². The molecule has 0 unspecified atom stereocenters. The number of fused-ring (bicyclic) bond motifs is 1. The molecule has 5 rings (SSSR count). The Morgan fingerprint density at radius 3 is 2.47 bits per heavy atom. The van der Waals surface area contributed by atoms with E-state index in [0.717, 1.165) is 12.1 Å². The molecule has 2 aliphatic heterocycles. The molecule has 2 aromatic heterocycles. The van der Waals surface area contributed by atoms with Crippen LogP contribution < -0.4 is 15.4 Å². The van der Waals surface area contributed by atoms with Gasteiger partial charge in [0.25, 0.3) is 11.5 Å². The third-order valence-corrected chi connectivity index (χ3v) is 7.98. The number of hydrogen-bond donors (Lipinski definition) is 0. The van der Waals surface area contributed by atoms with Crippen molar-refractivity contribution in [3.63, 3.8) is 0 Å². The summed E-state index contributed by atoms with van der Waals surface area (Å²) in [6.07, 6.45) is 4.12. The molecule has 36 heavy (non-hydrogen) atoms. The number of piperazine rings is 1. The number of thiocarbonyl (C=S) groups is 1. The normalized spacial score (nSPS) is 18.5. The first-order chi connectivity index (χ1) is 17.4. The minimum Gasteiger partial charge on any atom is -0.368 e. The zero-order valence-electron chi connectivity index (χ0n) is 20.1. The monoisotopic (exact) mass is 523 g/mol. The van der Waals surface area contributed by atoms with Gasteiger partial charge in [0.05, 0.1) is 10.5 Å². The number of halogens is 1. The van der Waals surface area contributed by atoms with Crippen LogP contribution in [0.5, 0.6) is 0 Å². The summed E-state index contributed by atoms with van der Waals surface area (Å²) < 4.78 is 15.3. The molecule has 1 atom stereocenters. The second kappa shape index (κ2) is 10.0. The quantitative estimate of drug-likeness (QED) is 0.368. The molecule has 186 valence electrons. The zero-order valence-corrected chi connectivity index (χ0v) is 21.7. The number of anilines is 2. The van der Waals surface area contributed by atoms with Crippen LogP contribution in [-0.2, 0) is 4.79 Å². The van der Waals surface area contributed by atoms with E-state index in [0.29, 0.717) is 52.4 Å². The van der Waals surface area contributed by atoms with Crippen molar-refractivity contribution in [2.24, 2.45) is 0 Å². The highest BCUT2D eigenvalue weighted by Crippen LogP contribution is 2.35. The second-order valence-corrected chi connectivity index (χ2v) is 10.5. The Morgan fingerprint density at radius 1 is 1.08 bits per heavy atom. The SMILES string of the molecule is CC[C@H](C)N1C(=O)/C(=C\c2c(N3CCN(c4ccc(F)cc4)CC3)nc3ccccn3c2=O)SC1=S. The maximum absolute atomic E-state index is 13.6. The third-order valence-electron chi connectivity index (χ3n) is 6.65. The summed E-state index contributed by atoms with van der Waals surface area (Å²) in [4.78, 5) is 37.9. The molecule has 2 fully saturated rings. The molecule has 0 spiro atoms. The number of benzene rings is 1. The zero-order chi connectivity index (χ0) is 25.4. The second-order valence-electron chi connectivity index (χ2n) is 8.84. The van der Waals surface area contributed by atoms with Gasteiger partial charge < -0.3 is 9.80 Å². The molecule has 0 aliphatic carbocycles. The smallest absolute Gasteiger partial charge is 0.267 e. The summed E-state index contributed by atoms with van der Waals surface area (Å²) >= 11 is 6.70. The Morgan fingerprint density at radius 2 is 1.78 bits per heavy atom. The van der Waals surface area contributed by atoms with Gasteiger partial charge in [0.15, 0.2) is 0 Å². The number of amides is 1. The Bertz CT molecular complexity index is 1410. The van der Waals surface area contributed by atoms with Crippen LogP contribution >= 0.6 is 24.0 Å². The van der Waals surface area contributed by atoms with Crippen molar-refractivity contribution in [1.82, 2.24) is 14.3 Å². The molecule has 1 amide bonds. The highest BCUT2D eigenvalue weighted by molar-refractivity contribution is 8.26. The van der Waals surface area contributed by atoms with Gasteiger partial charge in [0.1, 0.15) is 21.6 Å². The fourth-order valence-electron chi connectivity index (χ4n) is 4.46. The fraction of sp³-hybridized carbons (Fsp3) is 0.308. The van der Waals surface area contributed by atoms with Crippen molar-refractivity contribution in [3.05, 3.63) is 75.3 Å². The lowest BCUT2D eigenvalue weighted by Gasteiger charge is -2.37. The summed E-state index contributed by atoms with van der Waals surface area (Å²) in [5, 5.41) is 0. The molecule has 0 N–H and O–H groups in total. The number of carbonyl (C=O) groups excluding carboxylic acids is 1. The first-order valence-electron chi connectivity index (χ1n) is 11.9. The fourth-order valence-corrected chi connectivity index (χ4v) is 5.90. The van der Waals surface area contributed by atoms with Crippen molar-refractivity contribution < 1.29 is 9.18 Å². The molecule has 1 aromatic carbocycles. The van der Waals surface area contributed by atoms with Crippen LogP contribution in [0.4, 0.5) is 15.9 Å². The van der Waals surface area contributed by atoms with Gasteiger partial charge in [-0.05, 0) is 55.8 Å². The largest absolute Gasteiger partial charge is 0.368 e. The number of thioether (sulfide) groups is 1. The van der Waals surface area contributed by atoms with Gasteiger partial charge in [-0.1, -0.05) is 37.0 Å². The number of nitrogens with zero attached hydrogens (tertiary/aromatic N) is 5. The maximum Gasteiger partial charge on any atom is 0.267 e. The summed E-state index contributed by atoms with van der Waals surface area (Å²) in [6.45, 7) is 6.61. The van der Waals surface area contributed by atoms with E-state index < -0.39 is 0 Å². The van der Waals surface area contributed by atoms with Crippen molar-refractivity contribution >= 4 is 57.4 Å². The average molecular weight is 524 g/mol. The van der Waals surface area contributed by atoms with Gasteiger partial charge in [0, 0.05) is 44.1 Å². The molecule has 3 aromatic rings. The Hall–Kier alpha value is -3.24. The van der Waals surface area contributed by atoms with E-state index in [-0.39, 0.29) is 23.3 Å². The summed E-state index contributed by atoms with van der Waals surface area (Å²) in [7, 11) is 0. The van der Waals surface area contributed by atoms with Crippen LogP contribution in [0.1, 0.15) is 25.8 Å². The summed E-state index contributed by atoms with van der Waals surface area (Å²) in [6, 6.07) is 11.9. The number of carbonyl (C=O) groups is 1. The molecule has 2 aliphatic rings. The molecular weight excluding hydrogens is 497 g/mol. The third kappa shape index (κ3) is 4.51. The first-order valence-corrected chi connectivity index (χ1v) is 13.1. The van der Waals surface area contributed by atoms with E-state index in [1.54, 1.807) is 41.4 Å². The molecular formula is C26H26FN5O2S2. The van der Waals surface area contributed by atoms with Crippen LogP contribution in [-0.4, -0.2) is 56.7 Å². The van der Waals surface area contributed by atoms with Gasteiger partial charge in [-0.15, -0.1) is 0 Å². The van der Waals surface area contributed by atoms with Gasteiger partial charge in [-0.3, -0.25) is 18.9 Å². The number of rotatable bonds is 5. The molecule has 0 saturated carbocycles. The number of pyridine rings is 1. The minimum atomic E-state index is -0.262. The van der Waals surface area contributed by atoms with Crippen molar-refractivity contribution in [2.75, 3.05) is 36.0 Å². The predicted molar refractivity (Wildman–Crippen MR) is 147 cm³/mol. The molecule has 2 saturated heterocycles. The number of hydrogen-bond acceptors (Lipinski definition) is 7.